The summed E-state index contributed by atoms with van der Waals surface area (Å²) in [5.74, 6) is -0.505. The fraction of sp³-hybridized carbons (Fsp3) is 0.385. The SMILES string of the molecule is CCC(CO)NC(=O)c1nc(S(C)(=O)=O)n2ccccc12. The van der Waals surface area contributed by atoms with Crippen LogP contribution in [0.3, 0.4) is 0 Å². The van der Waals surface area contributed by atoms with Crippen molar-refractivity contribution in [3.05, 3.63) is 30.1 Å². The maximum Gasteiger partial charge on any atom is 0.272 e. The highest BCUT2D eigenvalue weighted by molar-refractivity contribution is 7.90. The molecule has 2 heterocycles. The third-order valence-corrected chi connectivity index (χ3v) is 4.06. The summed E-state index contributed by atoms with van der Waals surface area (Å²) in [6.07, 6.45) is 3.14. The van der Waals surface area contributed by atoms with E-state index in [0.717, 1.165) is 6.26 Å². The Kier molecular flexibility index (Phi) is 4.29. The van der Waals surface area contributed by atoms with Gasteiger partial charge in [0.25, 0.3) is 5.91 Å². The number of amides is 1. The van der Waals surface area contributed by atoms with Crippen LogP contribution in [0.25, 0.3) is 5.52 Å². The molecule has 0 fully saturated rings. The van der Waals surface area contributed by atoms with Crippen molar-refractivity contribution in [2.75, 3.05) is 12.9 Å². The summed E-state index contributed by atoms with van der Waals surface area (Å²) in [4.78, 5) is 16.2. The smallest absolute Gasteiger partial charge is 0.272 e. The monoisotopic (exact) mass is 311 g/mol. The van der Waals surface area contributed by atoms with Gasteiger partial charge in [-0.25, -0.2) is 13.4 Å². The lowest BCUT2D eigenvalue weighted by Gasteiger charge is -2.12. The minimum absolute atomic E-state index is 0.0305. The van der Waals surface area contributed by atoms with Gasteiger partial charge in [0.15, 0.2) is 5.69 Å². The minimum Gasteiger partial charge on any atom is -0.394 e. The molecule has 0 spiro atoms. The highest BCUT2D eigenvalue weighted by Crippen LogP contribution is 2.17. The standard InChI is InChI=1S/C13H17N3O4S/c1-3-9(8-17)14-12(18)11-10-6-4-5-7-16(10)13(15-11)21(2,19)20/h4-7,9,17H,3,8H2,1-2H3,(H,14,18). The van der Waals surface area contributed by atoms with Gasteiger partial charge in [-0.3, -0.25) is 9.20 Å². The molecule has 2 aromatic rings. The van der Waals surface area contributed by atoms with Gasteiger partial charge in [-0.05, 0) is 18.6 Å². The second-order valence-electron chi connectivity index (χ2n) is 4.73. The highest BCUT2D eigenvalue weighted by atomic mass is 32.2. The van der Waals surface area contributed by atoms with Gasteiger partial charge in [0.05, 0.1) is 18.2 Å². The lowest BCUT2D eigenvalue weighted by Crippen LogP contribution is -2.37. The molecule has 0 saturated heterocycles. The Morgan fingerprint density at radius 1 is 1.48 bits per heavy atom. The molecule has 1 amide bonds. The van der Waals surface area contributed by atoms with Crippen molar-refractivity contribution in [1.29, 1.82) is 0 Å². The van der Waals surface area contributed by atoms with Crippen molar-refractivity contribution in [3.8, 4) is 0 Å². The average molecular weight is 311 g/mol. The molecule has 1 atom stereocenters. The van der Waals surface area contributed by atoms with Crippen molar-refractivity contribution < 1.29 is 18.3 Å². The van der Waals surface area contributed by atoms with Crippen molar-refractivity contribution in [2.24, 2.45) is 0 Å². The molecule has 0 aliphatic rings. The summed E-state index contributed by atoms with van der Waals surface area (Å²) in [5, 5.41) is 11.6. The molecule has 0 radical (unpaired) electrons. The molecule has 8 heteroatoms. The van der Waals surface area contributed by atoms with Crippen LogP contribution in [0.2, 0.25) is 0 Å². The van der Waals surface area contributed by atoms with E-state index in [4.69, 9.17) is 5.11 Å². The van der Waals surface area contributed by atoms with E-state index in [2.05, 4.69) is 10.3 Å². The first-order valence-electron chi connectivity index (χ1n) is 6.47. The number of carbonyl (C=O) groups excluding carboxylic acids is 1. The van der Waals surface area contributed by atoms with Crippen LogP contribution < -0.4 is 5.32 Å². The molecule has 0 aromatic carbocycles. The van der Waals surface area contributed by atoms with Gasteiger partial charge in [0, 0.05) is 12.5 Å². The first kappa shape index (κ1) is 15.5. The summed E-state index contributed by atoms with van der Waals surface area (Å²) < 4.78 is 24.9. The van der Waals surface area contributed by atoms with E-state index in [-0.39, 0.29) is 23.5 Å². The molecule has 0 saturated carbocycles. The third-order valence-electron chi connectivity index (χ3n) is 3.11. The largest absolute Gasteiger partial charge is 0.394 e. The molecule has 114 valence electrons. The van der Waals surface area contributed by atoms with Crippen molar-refractivity contribution in [2.45, 2.75) is 24.5 Å². The predicted molar refractivity (Wildman–Crippen MR) is 76.9 cm³/mol. The third kappa shape index (κ3) is 3.06. The first-order chi connectivity index (χ1) is 9.88. The number of imidazole rings is 1. The van der Waals surface area contributed by atoms with Crippen LogP contribution in [0.4, 0.5) is 0 Å². The minimum atomic E-state index is -3.56. The van der Waals surface area contributed by atoms with E-state index >= 15 is 0 Å². The normalized spacial score (nSPS) is 13.3. The number of pyridine rings is 1. The van der Waals surface area contributed by atoms with Gasteiger partial charge in [-0.2, -0.15) is 0 Å². The Labute approximate surface area is 122 Å². The van der Waals surface area contributed by atoms with Crippen LogP contribution >= 0.6 is 0 Å². The van der Waals surface area contributed by atoms with Crippen LogP contribution in [-0.2, 0) is 9.84 Å². The summed E-state index contributed by atoms with van der Waals surface area (Å²) in [6.45, 7) is 1.64. The fourth-order valence-corrected chi connectivity index (χ4v) is 2.74. The number of nitrogens with one attached hydrogen (secondary N) is 1. The lowest BCUT2D eigenvalue weighted by atomic mass is 10.2. The Morgan fingerprint density at radius 2 is 2.19 bits per heavy atom. The van der Waals surface area contributed by atoms with Crippen molar-refractivity contribution >= 4 is 21.3 Å². The zero-order valence-corrected chi connectivity index (χ0v) is 12.6. The molecule has 0 aliphatic heterocycles. The lowest BCUT2D eigenvalue weighted by molar-refractivity contribution is 0.0911. The second-order valence-corrected chi connectivity index (χ2v) is 6.64. The number of sulfone groups is 1. The van der Waals surface area contributed by atoms with E-state index in [9.17, 15) is 13.2 Å². The topological polar surface area (TPSA) is 101 Å². The number of hydrogen-bond donors (Lipinski definition) is 2. The molecule has 2 rings (SSSR count). The second kappa shape index (κ2) is 5.82. The fourth-order valence-electron chi connectivity index (χ4n) is 1.97. The van der Waals surface area contributed by atoms with Gasteiger partial charge < -0.3 is 10.4 Å². The van der Waals surface area contributed by atoms with E-state index in [1.54, 1.807) is 24.4 Å². The Bertz CT molecular complexity index is 763. The summed E-state index contributed by atoms with van der Waals surface area (Å²) >= 11 is 0. The molecule has 21 heavy (non-hydrogen) atoms. The maximum absolute atomic E-state index is 12.2. The Hall–Kier alpha value is -1.93. The number of fused-ring (bicyclic) bond motifs is 1. The number of aromatic nitrogens is 2. The molecule has 2 N–H and O–H groups in total. The zero-order chi connectivity index (χ0) is 15.6. The number of rotatable bonds is 5. The highest BCUT2D eigenvalue weighted by Gasteiger charge is 2.23. The molecular weight excluding hydrogens is 294 g/mol. The summed E-state index contributed by atoms with van der Waals surface area (Å²) in [5.41, 5.74) is 0.436. The van der Waals surface area contributed by atoms with Crippen molar-refractivity contribution in [3.63, 3.8) is 0 Å². The quantitative estimate of drug-likeness (QED) is 0.823. The van der Waals surface area contributed by atoms with Crippen LogP contribution in [0.5, 0.6) is 0 Å². The van der Waals surface area contributed by atoms with Crippen LogP contribution in [-0.4, -0.2) is 47.7 Å². The number of aliphatic hydroxyl groups excluding tert-OH is 1. The van der Waals surface area contributed by atoms with E-state index in [1.165, 1.54) is 4.40 Å². The molecule has 7 nitrogen and oxygen atoms in total. The Balaban J connectivity index is 2.52. The van der Waals surface area contributed by atoms with Gasteiger partial charge in [-0.15, -0.1) is 0 Å². The van der Waals surface area contributed by atoms with Crippen LogP contribution in [0.15, 0.2) is 29.6 Å². The predicted octanol–water partition coefficient (Wildman–Crippen LogP) is 0.239. The Morgan fingerprint density at radius 3 is 2.76 bits per heavy atom. The zero-order valence-electron chi connectivity index (χ0n) is 11.8. The van der Waals surface area contributed by atoms with E-state index < -0.39 is 15.7 Å². The number of aliphatic hydroxyl groups is 1. The molecule has 0 aliphatic carbocycles. The van der Waals surface area contributed by atoms with Gasteiger partial charge in [-0.1, -0.05) is 13.0 Å². The number of hydrogen-bond acceptors (Lipinski definition) is 5. The number of carbonyl (C=O) groups is 1. The van der Waals surface area contributed by atoms with Crippen LogP contribution in [0.1, 0.15) is 23.8 Å². The van der Waals surface area contributed by atoms with Gasteiger partial charge in [0.2, 0.25) is 15.0 Å². The molecular formula is C13H17N3O4S. The van der Waals surface area contributed by atoms with Gasteiger partial charge >= 0.3 is 0 Å². The van der Waals surface area contributed by atoms with Gasteiger partial charge in [0.1, 0.15) is 0 Å². The molecule has 0 bridgehead atoms. The first-order valence-corrected chi connectivity index (χ1v) is 8.36. The molecule has 1 unspecified atom stereocenters. The van der Waals surface area contributed by atoms with E-state index in [0.29, 0.717) is 11.9 Å². The molecule has 2 aromatic heterocycles. The van der Waals surface area contributed by atoms with Crippen molar-refractivity contribution in [1.82, 2.24) is 14.7 Å². The number of nitrogens with zero attached hydrogens (tertiary/aromatic N) is 2. The average Bonchev–Trinajstić information content (AvgIpc) is 2.84. The van der Waals surface area contributed by atoms with Crippen LogP contribution in [0, 0.1) is 0 Å². The van der Waals surface area contributed by atoms with E-state index in [1.807, 2.05) is 6.92 Å². The maximum atomic E-state index is 12.2. The summed E-state index contributed by atoms with van der Waals surface area (Å²) in [7, 11) is -3.56. The summed E-state index contributed by atoms with van der Waals surface area (Å²) in [6, 6.07) is 4.59.